The van der Waals surface area contributed by atoms with Gasteiger partial charge in [-0.2, -0.15) is 11.8 Å². The zero-order valence-electron chi connectivity index (χ0n) is 11.8. The van der Waals surface area contributed by atoms with Crippen molar-refractivity contribution in [3.8, 4) is 0 Å². The van der Waals surface area contributed by atoms with Gasteiger partial charge in [-0.25, -0.2) is 9.97 Å². The molecule has 4 heterocycles. The molecule has 2 unspecified atom stereocenters. The van der Waals surface area contributed by atoms with Crippen molar-refractivity contribution >= 4 is 22.9 Å². The van der Waals surface area contributed by atoms with Crippen LogP contribution in [0.4, 0.5) is 0 Å². The average Bonchev–Trinajstić information content (AvgIpc) is 3.16. The third-order valence-electron chi connectivity index (χ3n) is 4.50. The minimum Gasteiger partial charge on any atom is -0.308 e. The van der Waals surface area contributed by atoms with Crippen LogP contribution in [0.15, 0.2) is 18.3 Å². The van der Waals surface area contributed by atoms with E-state index < -0.39 is 0 Å². The summed E-state index contributed by atoms with van der Waals surface area (Å²) >= 11 is 2.05. The highest BCUT2D eigenvalue weighted by Crippen LogP contribution is 2.36. The number of fused-ring (bicyclic) bond motifs is 1. The van der Waals surface area contributed by atoms with Gasteiger partial charge in [0.15, 0.2) is 5.65 Å². The quantitative estimate of drug-likeness (QED) is 0.850. The molecule has 0 spiro atoms. The maximum absolute atomic E-state index is 4.93. The number of rotatable bonds is 2. The van der Waals surface area contributed by atoms with Crippen LogP contribution in [0.1, 0.15) is 30.6 Å². The minimum absolute atomic E-state index is 0.542. The van der Waals surface area contributed by atoms with Gasteiger partial charge in [-0.15, -0.1) is 0 Å². The largest absolute Gasteiger partial charge is 0.308 e. The number of thioether (sulfide) groups is 1. The molecule has 106 valence electrons. The van der Waals surface area contributed by atoms with E-state index in [9.17, 15) is 0 Å². The van der Waals surface area contributed by atoms with Crippen molar-refractivity contribution in [2.75, 3.05) is 31.6 Å². The molecule has 20 heavy (non-hydrogen) atoms. The van der Waals surface area contributed by atoms with Gasteiger partial charge in [0.05, 0.1) is 6.04 Å². The Morgan fingerprint density at radius 2 is 2.30 bits per heavy atom. The number of imidazole rings is 1. The van der Waals surface area contributed by atoms with Crippen molar-refractivity contribution in [3.05, 3.63) is 24.2 Å². The van der Waals surface area contributed by atoms with Crippen molar-refractivity contribution in [3.63, 3.8) is 0 Å². The molecule has 2 aromatic heterocycles. The Morgan fingerprint density at radius 1 is 1.35 bits per heavy atom. The summed E-state index contributed by atoms with van der Waals surface area (Å²) in [7, 11) is 2.21. The van der Waals surface area contributed by atoms with Crippen LogP contribution in [0, 0.1) is 0 Å². The first kappa shape index (κ1) is 12.7. The van der Waals surface area contributed by atoms with Crippen molar-refractivity contribution in [2.24, 2.45) is 0 Å². The van der Waals surface area contributed by atoms with Gasteiger partial charge >= 0.3 is 0 Å². The number of aromatic nitrogens is 3. The maximum atomic E-state index is 4.93. The summed E-state index contributed by atoms with van der Waals surface area (Å²) in [5, 5.41) is 0. The predicted molar refractivity (Wildman–Crippen MR) is 83.4 cm³/mol. The Balaban J connectivity index is 1.84. The van der Waals surface area contributed by atoms with E-state index in [2.05, 4.69) is 39.3 Å². The topological polar surface area (TPSA) is 34.0 Å². The Hall–Kier alpha value is -1.07. The second kappa shape index (κ2) is 5.04. The SMILES string of the molecule is CN1CCC(n2c(C3CCSC3)nc3cccnc32)C1. The summed E-state index contributed by atoms with van der Waals surface area (Å²) < 4.78 is 2.45. The van der Waals surface area contributed by atoms with Gasteiger partial charge in [-0.05, 0) is 44.3 Å². The second-order valence-electron chi connectivity index (χ2n) is 5.95. The lowest BCUT2D eigenvalue weighted by Crippen LogP contribution is -2.19. The van der Waals surface area contributed by atoms with E-state index in [0.717, 1.165) is 17.7 Å². The van der Waals surface area contributed by atoms with E-state index in [0.29, 0.717) is 12.0 Å². The molecule has 4 rings (SSSR count). The Kier molecular flexibility index (Phi) is 3.19. The van der Waals surface area contributed by atoms with E-state index in [4.69, 9.17) is 4.98 Å². The second-order valence-corrected chi connectivity index (χ2v) is 7.10. The lowest BCUT2D eigenvalue weighted by Gasteiger charge is -2.18. The zero-order chi connectivity index (χ0) is 13.5. The fraction of sp³-hybridized carbons (Fsp3) is 0.600. The molecule has 2 aromatic rings. The van der Waals surface area contributed by atoms with Gasteiger partial charge < -0.3 is 9.47 Å². The van der Waals surface area contributed by atoms with Crippen LogP contribution in [0.2, 0.25) is 0 Å². The smallest absolute Gasteiger partial charge is 0.160 e. The molecule has 2 atom stereocenters. The van der Waals surface area contributed by atoms with Crippen molar-refractivity contribution in [2.45, 2.75) is 24.8 Å². The highest BCUT2D eigenvalue weighted by molar-refractivity contribution is 7.99. The molecule has 0 amide bonds. The molecule has 5 heteroatoms. The Morgan fingerprint density at radius 3 is 3.05 bits per heavy atom. The van der Waals surface area contributed by atoms with Gasteiger partial charge in [-0.1, -0.05) is 0 Å². The van der Waals surface area contributed by atoms with Gasteiger partial charge in [0.1, 0.15) is 11.3 Å². The molecule has 0 saturated carbocycles. The number of hydrogen-bond acceptors (Lipinski definition) is 4. The predicted octanol–water partition coefficient (Wildman–Crippen LogP) is 2.53. The number of hydrogen-bond donors (Lipinski definition) is 0. The first-order valence-corrected chi connectivity index (χ1v) is 8.57. The molecule has 2 fully saturated rings. The monoisotopic (exact) mass is 288 g/mol. The molecule has 0 radical (unpaired) electrons. The molecule has 0 aliphatic carbocycles. The number of pyridine rings is 1. The zero-order valence-corrected chi connectivity index (χ0v) is 12.6. The fourth-order valence-corrected chi connectivity index (χ4v) is 4.67. The summed E-state index contributed by atoms with van der Waals surface area (Å²) in [6.07, 6.45) is 4.37. The van der Waals surface area contributed by atoms with Crippen molar-refractivity contribution < 1.29 is 0 Å². The number of likely N-dealkylation sites (tertiary alicyclic amines) is 1. The summed E-state index contributed by atoms with van der Waals surface area (Å²) in [5.41, 5.74) is 2.15. The van der Waals surface area contributed by atoms with Gasteiger partial charge in [0, 0.05) is 24.4 Å². The summed E-state index contributed by atoms with van der Waals surface area (Å²) in [6, 6.07) is 4.64. The highest BCUT2D eigenvalue weighted by Gasteiger charge is 2.30. The van der Waals surface area contributed by atoms with E-state index in [1.54, 1.807) is 0 Å². The molecule has 4 nitrogen and oxygen atoms in total. The van der Waals surface area contributed by atoms with Crippen LogP contribution < -0.4 is 0 Å². The Labute approximate surface area is 123 Å². The fourth-order valence-electron chi connectivity index (χ4n) is 3.46. The van der Waals surface area contributed by atoms with Gasteiger partial charge in [0.25, 0.3) is 0 Å². The normalized spacial score (nSPS) is 27.6. The van der Waals surface area contributed by atoms with Crippen LogP contribution >= 0.6 is 11.8 Å². The summed E-state index contributed by atoms with van der Waals surface area (Å²) in [5.74, 6) is 4.38. The third-order valence-corrected chi connectivity index (χ3v) is 5.66. The molecule has 0 aromatic carbocycles. The molecule has 0 N–H and O–H groups in total. The van der Waals surface area contributed by atoms with Crippen LogP contribution in [-0.4, -0.2) is 51.1 Å². The molecule has 2 saturated heterocycles. The molecule has 2 aliphatic heterocycles. The third kappa shape index (κ3) is 2.04. The molecular formula is C15H20N4S. The van der Waals surface area contributed by atoms with E-state index in [1.807, 2.05) is 12.3 Å². The van der Waals surface area contributed by atoms with E-state index in [1.165, 1.54) is 36.7 Å². The lowest BCUT2D eigenvalue weighted by atomic mass is 10.1. The van der Waals surface area contributed by atoms with Crippen molar-refractivity contribution in [1.29, 1.82) is 0 Å². The maximum Gasteiger partial charge on any atom is 0.160 e. The molecular weight excluding hydrogens is 268 g/mol. The van der Waals surface area contributed by atoms with E-state index >= 15 is 0 Å². The molecule has 0 bridgehead atoms. The van der Waals surface area contributed by atoms with Gasteiger partial charge in [0.2, 0.25) is 0 Å². The first-order chi connectivity index (χ1) is 9.83. The van der Waals surface area contributed by atoms with Crippen LogP contribution in [0.5, 0.6) is 0 Å². The minimum atomic E-state index is 0.542. The lowest BCUT2D eigenvalue weighted by molar-refractivity contribution is 0.390. The summed E-state index contributed by atoms with van der Waals surface area (Å²) in [6.45, 7) is 2.30. The van der Waals surface area contributed by atoms with Gasteiger partial charge in [-0.3, -0.25) is 0 Å². The van der Waals surface area contributed by atoms with E-state index in [-0.39, 0.29) is 0 Å². The Bertz CT molecular complexity index is 617. The van der Waals surface area contributed by atoms with Crippen LogP contribution in [-0.2, 0) is 0 Å². The van der Waals surface area contributed by atoms with Crippen molar-refractivity contribution in [1.82, 2.24) is 19.4 Å². The average molecular weight is 288 g/mol. The number of nitrogens with zero attached hydrogens (tertiary/aromatic N) is 4. The molecule has 2 aliphatic rings. The van der Waals surface area contributed by atoms with Crippen LogP contribution in [0.25, 0.3) is 11.2 Å². The number of likely N-dealkylation sites (N-methyl/N-ethyl adjacent to an activating group) is 1. The standard InChI is InChI=1S/C15H20N4S/c1-18-7-4-12(9-18)19-14(11-5-8-20-10-11)17-13-3-2-6-16-15(13)19/h2-3,6,11-12H,4-5,7-10H2,1H3. The van der Waals surface area contributed by atoms with Crippen LogP contribution in [0.3, 0.4) is 0 Å². The first-order valence-electron chi connectivity index (χ1n) is 7.42. The highest BCUT2D eigenvalue weighted by atomic mass is 32.2. The summed E-state index contributed by atoms with van der Waals surface area (Å²) in [4.78, 5) is 12.0.